The van der Waals surface area contributed by atoms with Crippen molar-refractivity contribution in [2.75, 3.05) is 38.2 Å². The summed E-state index contributed by atoms with van der Waals surface area (Å²) in [6, 6.07) is 18.4. The van der Waals surface area contributed by atoms with Crippen molar-refractivity contribution in [2.45, 2.75) is 13.2 Å². The van der Waals surface area contributed by atoms with E-state index in [1.54, 1.807) is 7.11 Å². The molecule has 0 aliphatic carbocycles. The van der Waals surface area contributed by atoms with Gasteiger partial charge in [-0.2, -0.15) is 0 Å². The molecular weight excluding hydrogens is 314 g/mol. The third kappa shape index (κ3) is 4.51. The maximum atomic E-state index is 12.4. The number of para-hydroxylation sites is 1. The summed E-state index contributed by atoms with van der Waals surface area (Å²) >= 11 is 0. The number of amides is 2. The van der Waals surface area contributed by atoms with E-state index < -0.39 is 0 Å². The van der Waals surface area contributed by atoms with Crippen molar-refractivity contribution < 1.29 is 9.53 Å². The first-order valence-corrected chi connectivity index (χ1v) is 8.66. The van der Waals surface area contributed by atoms with Crippen LogP contribution in [0.3, 0.4) is 0 Å². The average molecular weight is 339 g/mol. The lowest BCUT2D eigenvalue weighted by Gasteiger charge is -2.36. The molecule has 0 aromatic heterocycles. The topological polar surface area (TPSA) is 44.8 Å². The maximum absolute atomic E-state index is 12.4. The van der Waals surface area contributed by atoms with E-state index >= 15 is 0 Å². The minimum atomic E-state index is -0.0000634. The summed E-state index contributed by atoms with van der Waals surface area (Å²) < 4.78 is 5.22. The standard InChI is InChI=1S/C20H25N3O2/c1-25-16-18-8-6-5-7-17(18)15-21-20(24)23-13-11-22(12-14-23)19-9-3-2-4-10-19/h2-10H,11-16H2,1H3,(H,21,24). The van der Waals surface area contributed by atoms with Gasteiger partial charge in [0.05, 0.1) is 6.61 Å². The smallest absolute Gasteiger partial charge is 0.317 e. The molecule has 2 aromatic carbocycles. The van der Waals surface area contributed by atoms with Gasteiger partial charge in [0.25, 0.3) is 0 Å². The van der Waals surface area contributed by atoms with Crippen LogP contribution in [-0.4, -0.2) is 44.2 Å². The number of benzene rings is 2. The van der Waals surface area contributed by atoms with Crippen molar-refractivity contribution in [3.05, 3.63) is 65.7 Å². The predicted octanol–water partition coefficient (Wildman–Crippen LogP) is 2.86. The molecule has 1 fully saturated rings. The number of hydrogen-bond donors (Lipinski definition) is 1. The maximum Gasteiger partial charge on any atom is 0.317 e. The molecule has 1 N–H and O–H groups in total. The Morgan fingerprint density at radius 2 is 1.60 bits per heavy atom. The zero-order chi connectivity index (χ0) is 17.5. The molecule has 0 bridgehead atoms. The first-order chi connectivity index (χ1) is 12.3. The van der Waals surface area contributed by atoms with E-state index in [1.165, 1.54) is 5.69 Å². The van der Waals surface area contributed by atoms with Gasteiger partial charge in [-0.3, -0.25) is 0 Å². The fourth-order valence-electron chi connectivity index (χ4n) is 3.12. The number of nitrogens with zero attached hydrogens (tertiary/aromatic N) is 2. The van der Waals surface area contributed by atoms with Crippen LogP contribution in [0, 0.1) is 0 Å². The normalized spacial score (nSPS) is 14.4. The molecule has 2 aromatic rings. The van der Waals surface area contributed by atoms with Crippen LogP contribution in [0.15, 0.2) is 54.6 Å². The van der Waals surface area contributed by atoms with Crippen LogP contribution < -0.4 is 10.2 Å². The summed E-state index contributed by atoms with van der Waals surface area (Å²) in [4.78, 5) is 16.7. The van der Waals surface area contributed by atoms with Gasteiger partial charge in [0.1, 0.15) is 0 Å². The van der Waals surface area contributed by atoms with Crippen molar-refractivity contribution in [1.82, 2.24) is 10.2 Å². The molecule has 1 heterocycles. The molecule has 5 heteroatoms. The molecule has 0 spiro atoms. The largest absolute Gasteiger partial charge is 0.380 e. The molecule has 132 valence electrons. The Balaban J connectivity index is 1.50. The van der Waals surface area contributed by atoms with Crippen molar-refractivity contribution in [1.29, 1.82) is 0 Å². The average Bonchev–Trinajstić information content (AvgIpc) is 2.68. The number of methoxy groups -OCH3 is 1. The third-order valence-electron chi connectivity index (χ3n) is 4.54. The Labute approximate surface area is 149 Å². The monoisotopic (exact) mass is 339 g/mol. The summed E-state index contributed by atoms with van der Waals surface area (Å²) in [5.74, 6) is 0. The first-order valence-electron chi connectivity index (χ1n) is 8.66. The number of urea groups is 1. The van der Waals surface area contributed by atoms with Crippen LogP contribution in [0.4, 0.5) is 10.5 Å². The molecular formula is C20H25N3O2. The van der Waals surface area contributed by atoms with Crippen LogP contribution in [0.5, 0.6) is 0 Å². The molecule has 0 unspecified atom stereocenters. The number of piperazine rings is 1. The minimum absolute atomic E-state index is 0.0000634. The van der Waals surface area contributed by atoms with Crippen LogP contribution in [0.1, 0.15) is 11.1 Å². The molecule has 0 saturated carbocycles. The molecule has 25 heavy (non-hydrogen) atoms. The quantitative estimate of drug-likeness (QED) is 0.911. The van der Waals surface area contributed by atoms with Gasteiger partial charge in [0, 0.05) is 45.5 Å². The molecule has 0 radical (unpaired) electrons. The number of carbonyl (C=O) groups is 1. The Kier molecular flexibility index (Phi) is 5.90. The van der Waals surface area contributed by atoms with Gasteiger partial charge in [-0.25, -0.2) is 4.79 Å². The van der Waals surface area contributed by atoms with Gasteiger partial charge in [-0.15, -0.1) is 0 Å². The first kappa shape index (κ1) is 17.3. The third-order valence-corrected chi connectivity index (χ3v) is 4.54. The highest BCUT2D eigenvalue weighted by atomic mass is 16.5. The SMILES string of the molecule is COCc1ccccc1CNC(=O)N1CCN(c2ccccc2)CC1. The lowest BCUT2D eigenvalue weighted by molar-refractivity contribution is 0.183. The molecule has 2 amide bonds. The number of carbonyl (C=O) groups excluding carboxylic acids is 1. The molecule has 1 aliphatic heterocycles. The van der Waals surface area contributed by atoms with E-state index in [4.69, 9.17) is 4.74 Å². The number of rotatable bonds is 5. The summed E-state index contributed by atoms with van der Waals surface area (Å²) in [6.07, 6.45) is 0. The van der Waals surface area contributed by atoms with Crippen LogP contribution in [0.25, 0.3) is 0 Å². The number of anilines is 1. The van der Waals surface area contributed by atoms with E-state index in [0.717, 1.165) is 37.3 Å². The van der Waals surface area contributed by atoms with Crippen molar-refractivity contribution in [3.8, 4) is 0 Å². The number of nitrogens with one attached hydrogen (secondary N) is 1. The van der Waals surface area contributed by atoms with E-state index in [1.807, 2.05) is 47.4 Å². The highest BCUT2D eigenvalue weighted by molar-refractivity contribution is 5.74. The molecule has 0 atom stereocenters. The summed E-state index contributed by atoms with van der Waals surface area (Å²) in [7, 11) is 1.68. The molecule has 5 nitrogen and oxygen atoms in total. The lowest BCUT2D eigenvalue weighted by atomic mass is 10.1. The van der Waals surface area contributed by atoms with Gasteiger partial charge >= 0.3 is 6.03 Å². The minimum Gasteiger partial charge on any atom is -0.380 e. The van der Waals surface area contributed by atoms with Crippen LogP contribution in [-0.2, 0) is 17.9 Å². The summed E-state index contributed by atoms with van der Waals surface area (Å²) in [5.41, 5.74) is 3.43. The fraction of sp³-hybridized carbons (Fsp3) is 0.350. The fourth-order valence-corrected chi connectivity index (χ4v) is 3.12. The van der Waals surface area contributed by atoms with E-state index in [2.05, 4.69) is 22.3 Å². The van der Waals surface area contributed by atoms with Gasteiger partial charge in [0.2, 0.25) is 0 Å². The number of ether oxygens (including phenoxy) is 1. The van der Waals surface area contributed by atoms with Gasteiger partial charge in [0.15, 0.2) is 0 Å². The van der Waals surface area contributed by atoms with E-state index in [0.29, 0.717) is 13.2 Å². The van der Waals surface area contributed by atoms with Crippen LogP contribution >= 0.6 is 0 Å². The van der Waals surface area contributed by atoms with Crippen LogP contribution in [0.2, 0.25) is 0 Å². The number of hydrogen-bond acceptors (Lipinski definition) is 3. The zero-order valence-electron chi connectivity index (χ0n) is 14.6. The van der Waals surface area contributed by atoms with Gasteiger partial charge in [-0.05, 0) is 23.3 Å². The second-order valence-electron chi connectivity index (χ2n) is 6.17. The second kappa shape index (κ2) is 8.53. The molecule has 3 rings (SSSR count). The summed E-state index contributed by atoms with van der Waals surface area (Å²) in [6.45, 7) is 4.27. The highest BCUT2D eigenvalue weighted by Crippen LogP contribution is 2.16. The van der Waals surface area contributed by atoms with Crippen molar-refractivity contribution >= 4 is 11.7 Å². The van der Waals surface area contributed by atoms with E-state index in [9.17, 15) is 4.79 Å². The summed E-state index contributed by atoms with van der Waals surface area (Å²) in [5, 5.41) is 3.03. The molecule has 1 saturated heterocycles. The van der Waals surface area contributed by atoms with Crippen molar-refractivity contribution in [3.63, 3.8) is 0 Å². The van der Waals surface area contributed by atoms with Crippen molar-refractivity contribution in [2.24, 2.45) is 0 Å². The Morgan fingerprint density at radius 3 is 2.28 bits per heavy atom. The Hall–Kier alpha value is -2.53. The second-order valence-corrected chi connectivity index (χ2v) is 6.17. The highest BCUT2D eigenvalue weighted by Gasteiger charge is 2.21. The Morgan fingerprint density at radius 1 is 0.960 bits per heavy atom. The molecule has 1 aliphatic rings. The van der Waals surface area contributed by atoms with Gasteiger partial charge < -0.3 is 19.9 Å². The lowest BCUT2D eigenvalue weighted by Crippen LogP contribution is -2.51. The zero-order valence-corrected chi connectivity index (χ0v) is 14.6. The predicted molar refractivity (Wildman–Crippen MR) is 99.6 cm³/mol. The van der Waals surface area contributed by atoms with Gasteiger partial charge in [-0.1, -0.05) is 42.5 Å². The van der Waals surface area contributed by atoms with E-state index in [-0.39, 0.29) is 6.03 Å². The Bertz CT molecular complexity index is 682.